The Morgan fingerprint density at radius 1 is 0.434 bits per heavy atom. The number of para-hydroxylation sites is 2. The van der Waals surface area contributed by atoms with Gasteiger partial charge in [0.15, 0.2) is 0 Å². The molecule has 6 aromatic carbocycles. The van der Waals surface area contributed by atoms with E-state index in [1.165, 1.54) is 44.5 Å². The number of hydrogen-bond donors (Lipinski definition) is 0. The van der Waals surface area contributed by atoms with Crippen LogP contribution in [0.1, 0.15) is 74.6 Å². The second-order valence-corrected chi connectivity index (χ2v) is 15.4. The maximum absolute atomic E-state index is 13.5. The van der Waals surface area contributed by atoms with E-state index in [9.17, 15) is 9.59 Å². The molecular weight excluding hydrogens is 653 g/mol. The van der Waals surface area contributed by atoms with Crippen molar-refractivity contribution in [3.63, 3.8) is 0 Å². The van der Waals surface area contributed by atoms with Crippen molar-refractivity contribution in [2.45, 2.75) is 63.2 Å². The van der Waals surface area contributed by atoms with Crippen LogP contribution >= 0.6 is 0 Å². The Kier molecular flexibility index (Phi) is 9.08. The SMILES string of the molecule is CC(C)(CC1(CCC(=O)Oc2ccccc2)c2ccccc2-c2ccccc21)CC1(CCC(=O)Oc2ccccc2)c2ccccc2-c2ccccc21. The number of esters is 2. The lowest BCUT2D eigenvalue weighted by Gasteiger charge is -2.44. The fourth-order valence-electron chi connectivity index (χ4n) is 9.60. The van der Waals surface area contributed by atoms with Gasteiger partial charge in [-0.05, 0) is 99.9 Å². The number of benzene rings is 6. The molecule has 0 atom stereocenters. The zero-order valence-electron chi connectivity index (χ0n) is 30.4. The highest BCUT2D eigenvalue weighted by molar-refractivity contribution is 5.83. The van der Waals surface area contributed by atoms with E-state index in [4.69, 9.17) is 9.47 Å². The molecule has 6 aromatic rings. The van der Waals surface area contributed by atoms with Gasteiger partial charge in [-0.15, -0.1) is 0 Å². The maximum atomic E-state index is 13.5. The molecule has 0 aliphatic heterocycles. The van der Waals surface area contributed by atoms with E-state index >= 15 is 0 Å². The predicted octanol–water partition coefficient (Wildman–Crippen LogP) is 11.5. The lowest BCUT2D eigenvalue weighted by molar-refractivity contribution is -0.135. The topological polar surface area (TPSA) is 52.6 Å². The van der Waals surface area contributed by atoms with Crippen molar-refractivity contribution in [3.05, 3.63) is 180 Å². The molecule has 4 heteroatoms. The minimum absolute atomic E-state index is 0.234. The molecular formula is C49H44O4. The average molecular weight is 697 g/mol. The van der Waals surface area contributed by atoms with Crippen molar-refractivity contribution in [2.24, 2.45) is 5.41 Å². The molecule has 0 saturated carbocycles. The Balaban J connectivity index is 1.18. The predicted molar refractivity (Wildman–Crippen MR) is 211 cm³/mol. The lowest BCUT2D eigenvalue weighted by Crippen LogP contribution is -2.38. The first-order valence-electron chi connectivity index (χ1n) is 18.7. The highest BCUT2D eigenvalue weighted by Crippen LogP contribution is 2.61. The molecule has 0 radical (unpaired) electrons. The van der Waals surface area contributed by atoms with Crippen LogP contribution in [-0.4, -0.2) is 11.9 Å². The number of rotatable bonds is 12. The van der Waals surface area contributed by atoms with E-state index in [1.54, 1.807) is 0 Å². The number of carbonyl (C=O) groups excluding carboxylic acids is 2. The van der Waals surface area contributed by atoms with Crippen LogP contribution in [0.2, 0.25) is 0 Å². The van der Waals surface area contributed by atoms with Crippen molar-refractivity contribution >= 4 is 11.9 Å². The van der Waals surface area contributed by atoms with Crippen LogP contribution in [-0.2, 0) is 20.4 Å². The average Bonchev–Trinajstić information content (AvgIpc) is 3.61. The number of fused-ring (bicyclic) bond motifs is 6. The van der Waals surface area contributed by atoms with Gasteiger partial charge in [0.1, 0.15) is 11.5 Å². The second-order valence-electron chi connectivity index (χ2n) is 15.4. The quantitative estimate of drug-likeness (QED) is 0.0944. The summed E-state index contributed by atoms with van der Waals surface area (Å²) in [5.74, 6) is 0.653. The van der Waals surface area contributed by atoms with Crippen molar-refractivity contribution in [2.75, 3.05) is 0 Å². The van der Waals surface area contributed by atoms with E-state index < -0.39 is 10.8 Å². The maximum Gasteiger partial charge on any atom is 0.311 e. The normalized spacial score (nSPS) is 14.4. The molecule has 0 N–H and O–H groups in total. The standard InChI is InChI=1S/C49H44O4/c1-47(2,33-48(31-29-45(50)52-35-17-5-3-6-18-35)41-25-13-9-21-37(41)38-22-10-14-26-42(38)48)34-49(32-30-46(51)53-36-19-7-4-8-20-36)43-27-15-11-23-39(43)40-24-12-16-28-44(40)49/h3-28H,29-34H2,1-2H3. The molecule has 4 nitrogen and oxygen atoms in total. The van der Waals surface area contributed by atoms with Crippen molar-refractivity contribution in [1.29, 1.82) is 0 Å². The summed E-state index contributed by atoms with van der Waals surface area (Å²) in [6.45, 7) is 4.74. The van der Waals surface area contributed by atoms with Gasteiger partial charge in [-0.25, -0.2) is 0 Å². The van der Waals surface area contributed by atoms with Gasteiger partial charge in [0, 0.05) is 23.7 Å². The van der Waals surface area contributed by atoms with Crippen molar-refractivity contribution < 1.29 is 19.1 Å². The van der Waals surface area contributed by atoms with Gasteiger partial charge < -0.3 is 9.47 Å². The van der Waals surface area contributed by atoms with Crippen LogP contribution in [0.25, 0.3) is 22.3 Å². The number of hydrogen-bond acceptors (Lipinski definition) is 4. The Bertz CT molecular complexity index is 2020. The van der Waals surface area contributed by atoms with E-state index in [-0.39, 0.29) is 30.2 Å². The van der Waals surface area contributed by atoms with Crippen LogP contribution in [0.5, 0.6) is 11.5 Å². The zero-order chi connectivity index (χ0) is 36.5. The molecule has 0 spiro atoms. The third-order valence-electron chi connectivity index (χ3n) is 11.4. The minimum Gasteiger partial charge on any atom is -0.427 e. The fraction of sp³-hybridized carbons (Fsp3) is 0.224. The molecule has 2 aliphatic rings. The van der Waals surface area contributed by atoms with Gasteiger partial charge in [0.05, 0.1) is 0 Å². The van der Waals surface area contributed by atoms with Gasteiger partial charge >= 0.3 is 11.9 Å². The summed E-state index contributed by atoms with van der Waals surface area (Å²) in [6, 6.07) is 53.5. The van der Waals surface area contributed by atoms with Gasteiger partial charge in [0.2, 0.25) is 0 Å². The first-order valence-corrected chi connectivity index (χ1v) is 18.7. The van der Waals surface area contributed by atoms with Gasteiger partial charge in [-0.1, -0.05) is 147 Å². The summed E-state index contributed by atoms with van der Waals surface area (Å²) in [6.07, 6.45) is 3.37. The van der Waals surface area contributed by atoms with E-state index in [0.29, 0.717) is 24.3 Å². The largest absolute Gasteiger partial charge is 0.427 e. The first-order chi connectivity index (χ1) is 25.8. The number of ether oxygens (including phenoxy) is 2. The van der Waals surface area contributed by atoms with E-state index in [2.05, 4.69) is 111 Å². The molecule has 0 fully saturated rings. The lowest BCUT2D eigenvalue weighted by atomic mass is 9.59. The first kappa shape index (κ1) is 34.4. The number of carbonyl (C=O) groups is 2. The molecule has 8 rings (SSSR count). The monoisotopic (exact) mass is 696 g/mol. The summed E-state index contributed by atoms with van der Waals surface area (Å²) >= 11 is 0. The summed E-state index contributed by atoms with van der Waals surface area (Å²) < 4.78 is 11.7. The Morgan fingerprint density at radius 3 is 1.04 bits per heavy atom. The summed E-state index contributed by atoms with van der Waals surface area (Å²) in [4.78, 5) is 27.0. The highest BCUT2D eigenvalue weighted by Gasteiger charge is 2.51. The molecule has 0 amide bonds. The van der Waals surface area contributed by atoms with Crippen LogP contribution < -0.4 is 9.47 Å². The Labute approximate surface area is 312 Å². The van der Waals surface area contributed by atoms with Gasteiger partial charge in [-0.2, -0.15) is 0 Å². The molecule has 0 unspecified atom stereocenters. The molecule has 0 saturated heterocycles. The Morgan fingerprint density at radius 2 is 0.717 bits per heavy atom. The molecule has 264 valence electrons. The van der Waals surface area contributed by atoms with Gasteiger partial charge in [-0.3, -0.25) is 9.59 Å². The van der Waals surface area contributed by atoms with Crippen LogP contribution in [0.3, 0.4) is 0 Å². The molecule has 53 heavy (non-hydrogen) atoms. The van der Waals surface area contributed by atoms with Crippen LogP contribution in [0.15, 0.2) is 158 Å². The smallest absolute Gasteiger partial charge is 0.311 e. The van der Waals surface area contributed by atoms with Gasteiger partial charge in [0.25, 0.3) is 0 Å². The van der Waals surface area contributed by atoms with Crippen LogP contribution in [0.4, 0.5) is 0 Å². The minimum atomic E-state index is -0.433. The molecule has 0 heterocycles. The third kappa shape index (κ3) is 6.48. The fourth-order valence-corrected chi connectivity index (χ4v) is 9.60. The van der Waals surface area contributed by atoms with Crippen molar-refractivity contribution in [3.8, 4) is 33.8 Å². The molecule has 0 bridgehead atoms. The van der Waals surface area contributed by atoms with Crippen molar-refractivity contribution in [1.82, 2.24) is 0 Å². The van der Waals surface area contributed by atoms with E-state index in [0.717, 1.165) is 12.8 Å². The molecule has 0 aromatic heterocycles. The third-order valence-corrected chi connectivity index (χ3v) is 11.4. The molecule has 2 aliphatic carbocycles. The highest BCUT2D eigenvalue weighted by atomic mass is 16.5. The van der Waals surface area contributed by atoms with Crippen LogP contribution in [0, 0.1) is 5.41 Å². The summed E-state index contributed by atoms with van der Waals surface area (Å²) in [7, 11) is 0. The zero-order valence-corrected chi connectivity index (χ0v) is 30.4. The summed E-state index contributed by atoms with van der Waals surface area (Å²) in [5.41, 5.74) is 8.82. The Hall–Kier alpha value is -5.74. The second kappa shape index (κ2) is 14.0. The summed E-state index contributed by atoms with van der Waals surface area (Å²) in [5, 5.41) is 0. The van der Waals surface area contributed by atoms with E-state index in [1.807, 2.05) is 60.7 Å².